The Bertz CT molecular complexity index is 661. The molecule has 1 amide bonds. The van der Waals surface area contributed by atoms with E-state index in [1.54, 1.807) is 6.20 Å². The number of carbonyl (C=O) groups excluding carboxylic acids is 1. The molecule has 120 valence electrons. The maximum atomic E-state index is 12.1. The first kappa shape index (κ1) is 15.5. The van der Waals surface area contributed by atoms with Crippen molar-refractivity contribution in [2.45, 2.75) is 32.6 Å². The van der Waals surface area contributed by atoms with Crippen LogP contribution in [0.5, 0.6) is 0 Å². The van der Waals surface area contributed by atoms with Gasteiger partial charge in [0.05, 0.1) is 11.9 Å². The summed E-state index contributed by atoms with van der Waals surface area (Å²) in [6.07, 6.45) is 5.46. The molecule has 4 heteroatoms. The van der Waals surface area contributed by atoms with E-state index in [0.717, 1.165) is 31.0 Å². The van der Waals surface area contributed by atoms with Crippen LogP contribution < -0.4 is 10.2 Å². The van der Waals surface area contributed by atoms with Crippen LogP contribution in [0.2, 0.25) is 0 Å². The van der Waals surface area contributed by atoms with Crippen molar-refractivity contribution in [2.75, 3.05) is 23.3 Å². The highest BCUT2D eigenvalue weighted by Gasteiger charge is 2.13. The molecule has 0 saturated carbocycles. The largest absolute Gasteiger partial charge is 0.357 e. The Hall–Kier alpha value is -2.36. The van der Waals surface area contributed by atoms with Gasteiger partial charge in [0.2, 0.25) is 5.91 Å². The number of pyridine rings is 1. The van der Waals surface area contributed by atoms with E-state index in [9.17, 15) is 4.79 Å². The molecule has 1 aromatic heterocycles. The molecule has 0 atom stereocenters. The number of hydrogen-bond donors (Lipinski definition) is 1. The number of aryl methyl sites for hydroxylation is 2. The summed E-state index contributed by atoms with van der Waals surface area (Å²) >= 11 is 0. The third kappa shape index (κ3) is 4.31. The molecule has 1 saturated heterocycles. The van der Waals surface area contributed by atoms with Crippen LogP contribution in [0.4, 0.5) is 11.5 Å². The minimum atomic E-state index is 0.0298. The average molecular weight is 309 g/mol. The van der Waals surface area contributed by atoms with Gasteiger partial charge in [-0.15, -0.1) is 0 Å². The molecule has 2 heterocycles. The molecule has 1 aromatic carbocycles. The van der Waals surface area contributed by atoms with Gasteiger partial charge >= 0.3 is 0 Å². The van der Waals surface area contributed by atoms with Crippen molar-refractivity contribution in [3.8, 4) is 0 Å². The van der Waals surface area contributed by atoms with Crippen LogP contribution in [-0.4, -0.2) is 24.0 Å². The molecule has 1 N–H and O–H groups in total. The number of nitrogens with one attached hydrogen (secondary N) is 1. The topological polar surface area (TPSA) is 45.2 Å². The first-order valence-electron chi connectivity index (χ1n) is 8.27. The predicted octanol–water partition coefficient (Wildman–Crippen LogP) is 3.56. The molecule has 0 bridgehead atoms. The molecule has 2 aromatic rings. The van der Waals surface area contributed by atoms with Gasteiger partial charge in [-0.25, -0.2) is 4.98 Å². The van der Waals surface area contributed by atoms with Crippen LogP contribution in [0.25, 0.3) is 0 Å². The van der Waals surface area contributed by atoms with Gasteiger partial charge in [-0.1, -0.05) is 29.8 Å². The van der Waals surface area contributed by atoms with Crippen molar-refractivity contribution < 1.29 is 4.79 Å². The molecule has 23 heavy (non-hydrogen) atoms. The summed E-state index contributed by atoms with van der Waals surface area (Å²) in [7, 11) is 0. The Morgan fingerprint density at radius 1 is 1.22 bits per heavy atom. The molecule has 4 nitrogen and oxygen atoms in total. The van der Waals surface area contributed by atoms with E-state index in [0.29, 0.717) is 6.42 Å². The lowest BCUT2D eigenvalue weighted by atomic mass is 10.1. The van der Waals surface area contributed by atoms with E-state index in [1.165, 1.54) is 24.0 Å². The van der Waals surface area contributed by atoms with Gasteiger partial charge in [-0.05, 0) is 43.9 Å². The molecule has 3 rings (SSSR count). The second kappa shape index (κ2) is 7.27. The molecule has 0 unspecified atom stereocenters. The number of aromatic nitrogens is 1. The van der Waals surface area contributed by atoms with Gasteiger partial charge in [-0.3, -0.25) is 4.79 Å². The molecule has 0 radical (unpaired) electrons. The fourth-order valence-electron chi connectivity index (χ4n) is 2.94. The number of anilines is 2. The Morgan fingerprint density at radius 2 is 2.04 bits per heavy atom. The number of amides is 1. The number of carbonyl (C=O) groups is 1. The smallest absolute Gasteiger partial charge is 0.224 e. The van der Waals surface area contributed by atoms with Crippen LogP contribution in [0.1, 0.15) is 30.4 Å². The van der Waals surface area contributed by atoms with Crippen LogP contribution in [0.15, 0.2) is 42.6 Å². The molecule has 1 aliphatic heterocycles. The first-order valence-corrected chi connectivity index (χ1v) is 8.27. The lowest BCUT2D eigenvalue weighted by Crippen LogP contribution is -2.19. The fraction of sp³-hybridized carbons (Fsp3) is 0.368. The quantitative estimate of drug-likeness (QED) is 0.918. The number of nitrogens with zero attached hydrogens (tertiary/aromatic N) is 2. The standard InChI is InChI=1S/C19H23N3O/c1-15-5-4-6-16(13-15)7-10-19(23)21-17-8-9-18(20-14-17)22-11-2-3-12-22/h4-6,8-9,13-14H,2-3,7,10-12H2,1H3,(H,21,23). The van der Waals surface area contributed by atoms with Crippen LogP contribution in [-0.2, 0) is 11.2 Å². The Kier molecular flexibility index (Phi) is 4.91. The zero-order valence-corrected chi connectivity index (χ0v) is 13.6. The van der Waals surface area contributed by atoms with Gasteiger partial charge in [0.25, 0.3) is 0 Å². The molecular formula is C19H23N3O. The summed E-state index contributed by atoms with van der Waals surface area (Å²) in [6.45, 7) is 4.22. The molecular weight excluding hydrogens is 286 g/mol. The fourth-order valence-corrected chi connectivity index (χ4v) is 2.94. The minimum Gasteiger partial charge on any atom is -0.357 e. The van der Waals surface area contributed by atoms with Gasteiger partial charge in [0.15, 0.2) is 0 Å². The summed E-state index contributed by atoms with van der Waals surface area (Å²) in [6, 6.07) is 12.2. The van der Waals surface area contributed by atoms with Crippen LogP contribution in [0.3, 0.4) is 0 Å². The van der Waals surface area contributed by atoms with Crippen molar-refractivity contribution in [2.24, 2.45) is 0 Å². The predicted molar refractivity (Wildman–Crippen MR) is 93.8 cm³/mol. The van der Waals surface area contributed by atoms with Crippen molar-refractivity contribution in [3.63, 3.8) is 0 Å². The SMILES string of the molecule is Cc1cccc(CCC(=O)Nc2ccc(N3CCCC3)nc2)c1. The Balaban J connectivity index is 1.51. The lowest BCUT2D eigenvalue weighted by molar-refractivity contribution is -0.116. The highest BCUT2D eigenvalue weighted by Crippen LogP contribution is 2.19. The van der Waals surface area contributed by atoms with E-state index < -0.39 is 0 Å². The summed E-state index contributed by atoms with van der Waals surface area (Å²) < 4.78 is 0. The third-order valence-electron chi connectivity index (χ3n) is 4.18. The minimum absolute atomic E-state index is 0.0298. The summed E-state index contributed by atoms with van der Waals surface area (Å²) in [5, 5.41) is 2.92. The zero-order chi connectivity index (χ0) is 16.1. The Labute approximate surface area is 137 Å². The zero-order valence-electron chi connectivity index (χ0n) is 13.6. The normalized spacial score (nSPS) is 14.0. The van der Waals surface area contributed by atoms with E-state index >= 15 is 0 Å². The average Bonchev–Trinajstić information content (AvgIpc) is 3.08. The maximum Gasteiger partial charge on any atom is 0.224 e. The van der Waals surface area contributed by atoms with Crippen molar-refractivity contribution in [1.29, 1.82) is 0 Å². The van der Waals surface area contributed by atoms with Crippen LogP contribution >= 0.6 is 0 Å². The van der Waals surface area contributed by atoms with Gasteiger partial charge in [-0.2, -0.15) is 0 Å². The maximum absolute atomic E-state index is 12.1. The molecule has 1 fully saturated rings. The van der Waals surface area contributed by atoms with Gasteiger partial charge < -0.3 is 10.2 Å². The van der Waals surface area contributed by atoms with Crippen LogP contribution in [0, 0.1) is 6.92 Å². The van der Waals surface area contributed by atoms with Crippen molar-refractivity contribution >= 4 is 17.4 Å². The summed E-state index contributed by atoms with van der Waals surface area (Å²) in [5.41, 5.74) is 3.19. The first-order chi connectivity index (χ1) is 11.2. The number of rotatable bonds is 5. The number of hydrogen-bond acceptors (Lipinski definition) is 3. The molecule has 1 aliphatic rings. The summed E-state index contributed by atoms with van der Waals surface area (Å²) in [5.74, 6) is 1.03. The molecule has 0 aliphatic carbocycles. The highest BCUT2D eigenvalue weighted by atomic mass is 16.1. The van der Waals surface area contributed by atoms with Gasteiger partial charge in [0.1, 0.15) is 5.82 Å². The second-order valence-electron chi connectivity index (χ2n) is 6.14. The number of benzene rings is 1. The monoisotopic (exact) mass is 309 g/mol. The van der Waals surface area contributed by atoms with E-state index in [1.807, 2.05) is 18.2 Å². The van der Waals surface area contributed by atoms with Gasteiger partial charge in [0, 0.05) is 19.5 Å². The lowest BCUT2D eigenvalue weighted by Gasteiger charge is -2.16. The third-order valence-corrected chi connectivity index (χ3v) is 4.18. The summed E-state index contributed by atoms with van der Waals surface area (Å²) in [4.78, 5) is 18.8. The highest BCUT2D eigenvalue weighted by molar-refractivity contribution is 5.90. The Morgan fingerprint density at radius 3 is 2.74 bits per heavy atom. The van der Waals surface area contributed by atoms with Crippen molar-refractivity contribution in [1.82, 2.24) is 4.98 Å². The van der Waals surface area contributed by atoms with Crippen molar-refractivity contribution in [3.05, 3.63) is 53.7 Å². The molecule has 0 spiro atoms. The van der Waals surface area contributed by atoms with E-state index in [-0.39, 0.29) is 5.91 Å². The second-order valence-corrected chi connectivity index (χ2v) is 6.14. The van der Waals surface area contributed by atoms with E-state index in [2.05, 4.69) is 40.3 Å². The van der Waals surface area contributed by atoms with E-state index in [4.69, 9.17) is 0 Å².